The lowest BCUT2D eigenvalue weighted by molar-refractivity contribution is 0.0690. The Morgan fingerprint density at radius 2 is 2.05 bits per heavy atom. The lowest BCUT2D eigenvalue weighted by Gasteiger charge is -2.09. The minimum Gasteiger partial charge on any atom is -0.477 e. The number of anilines is 1. The molecule has 6 nitrogen and oxygen atoms in total. The van der Waals surface area contributed by atoms with Crippen molar-refractivity contribution in [2.45, 2.75) is 6.61 Å². The molecular formula is C15H14N2O4. The summed E-state index contributed by atoms with van der Waals surface area (Å²) in [5.74, 6) is -1.48. The van der Waals surface area contributed by atoms with Gasteiger partial charge in [0.25, 0.3) is 5.91 Å². The molecule has 0 aliphatic carbocycles. The van der Waals surface area contributed by atoms with E-state index in [0.29, 0.717) is 17.9 Å². The molecule has 0 spiro atoms. The van der Waals surface area contributed by atoms with Crippen LogP contribution in [-0.4, -0.2) is 29.1 Å². The zero-order valence-corrected chi connectivity index (χ0v) is 11.4. The minimum absolute atomic E-state index is 0.127. The fourth-order valence-corrected chi connectivity index (χ4v) is 1.85. The van der Waals surface area contributed by atoms with Crippen LogP contribution in [0.25, 0.3) is 0 Å². The van der Waals surface area contributed by atoms with Gasteiger partial charge < -0.3 is 15.2 Å². The highest BCUT2D eigenvalue weighted by Crippen LogP contribution is 2.14. The van der Waals surface area contributed by atoms with E-state index in [0.717, 1.165) is 5.56 Å². The summed E-state index contributed by atoms with van der Waals surface area (Å²) < 4.78 is 5.05. The maximum absolute atomic E-state index is 12.3. The number of carbonyl (C=O) groups is 2. The van der Waals surface area contributed by atoms with Crippen LogP contribution in [0.4, 0.5) is 5.69 Å². The average molecular weight is 286 g/mol. The number of rotatable bonds is 5. The second-order valence-corrected chi connectivity index (χ2v) is 4.28. The number of amides is 1. The van der Waals surface area contributed by atoms with Crippen molar-refractivity contribution in [2.75, 3.05) is 12.4 Å². The molecule has 2 N–H and O–H groups in total. The lowest BCUT2D eigenvalue weighted by atomic mass is 10.1. The van der Waals surface area contributed by atoms with Gasteiger partial charge in [0.05, 0.1) is 6.61 Å². The van der Waals surface area contributed by atoms with E-state index in [-0.39, 0.29) is 11.6 Å². The van der Waals surface area contributed by atoms with E-state index in [1.165, 1.54) is 18.3 Å². The second-order valence-electron chi connectivity index (χ2n) is 4.28. The van der Waals surface area contributed by atoms with E-state index >= 15 is 0 Å². The Kier molecular flexibility index (Phi) is 4.63. The van der Waals surface area contributed by atoms with Gasteiger partial charge in [0.2, 0.25) is 0 Å². The summed E-state index contributed by atoms with van der Waals surface area (Å²) in [5, 5.41) is 11.5. The van der Waals surface area contributed by atoms with Crippen LogP contribution in [0.5, 0.6) is 0 Å². The molecule has 0 unspecified atom stereocenters. The average Bonchev–Trinajstić information content (AvgIpc) is 2.48. The highest BCUT2D eigenvalue weighted by molar-refractivity contribution is 6.05. The minimum atomic E-state index is -1.15. The molecule has 0 aliphatic heterocycles. The van der Waals surface area contributed by atoms with E-state index in [1.807, 2.05) is 6.07 Å². The standard InChI is InChI=1S/C15H14N2O4/c1-21-9-10-4-2-3-5-12(10)14(18)17-11-6-7-16-13(8-11)15(19)20/h2-8H,9H2,1H3,(H,19,20)(H,16,17,18). The monoisotopic (exact) mass is 286 g/mol. The highest BCUT2D eigenvalue weighted by Gasteiger charge is 2.12. The van der Waals surface area contributed by atoms with Crippen molar-refractivity contribution in [3.8, 4) is 0 Å². The van der Waals surface area contributed by atoms with E-state index in [4.69, 9.17) is 9.84 Å². The summed E-state index contributed by atoms with van der Waals surface area (Å²) in [5.41, 5.74) is 1.48. The number of aromatic nitrogens is 1. The summed E-state index contributed by atoms with van der Waals surface area (Å²) in [4.78, 5) is 26.8. The third-order valence-electron chi connectivity index (χ3n) is 2.80. The molecule has 0 bridgehead atoms. The van der Waals surface area contributed by atoms with Gasteiger partial charge in [0.1, 0.15) is 5.69 Å². The van der Waals surface area contributed by atoms with Gasteiger partial charge in [-0.2, -0.15) is 0 Å². The van der Waals surface area contributed by atoms with E-state index in [9.17, 15) is 9.59 Å². The van der Waals surface area contributed by atoms with Crippen LogP contribution in [0, 0.1) is 0 Å². The molecule has 0 saturated heterocycles. The highest BCUT2D eigenvalue weighted by atomic mass is 16.5. The number of carboxylic acids is 1. The van der Waals surface area contributed by atoms with Crippen molar-refractivity contribution in [3.05, 3.63) is 59.4 Å². The summed E-state index contributed by atoms with van der Waals surface area (Å²) in [6.07, 6.45) is 1.33. The largest absolute Gasteiger partial charge is 0.477 e. The lowest BCUT2D eigenvalue weighted by Crippen LogP contribution is -2.15. The molecule has 1 heterocycles. The normalized spacial score (nSPS) is 10.1. The molecule has 0 fully saturated rings. The first-order valence-electron chi connectivity index (χ1n) is 6.19. The number of hydrogen-bond acceptors (Lipinski definition) is 4. The number of benzene rings is 1. The quantitative estimate of drug-likeness (QED) is 0.879. The second kappa shape index (κ2) is 6.62. The molecule has 108 valence electrons. The van der Waals surface area contributed by atoms with Crippen molar-refractivity contribution in [1.82, 2.24) is 4.98 Å². The first kappa shape index (κ1) is 14.7. The first-order valence-corrected chi connectivity index (χ1v) is 6.19. The van der Waals surface area contributed by atoms with E-state index in [2.05, 4.69) is 10.3 Å². The molecule has 1 aromatic carbocycles. The first-order chi connectivity index (χ1) is 10.1. The Bertz CT molecular complexity index is 670. The Balaban J connectivity index is 2.22. The molecule has 0 radical (unpaired) electrons. The van der Waals surface area contributed by atoms with Crippen LogP contribution in [0.15, 0.2) is 42.6 Å². The number of nitrogens with one attached hydrogen (secondary N) is 1. The summed E-state index contributed by atoms with van der Waals surface area (Å²) in [6.45, 7) is 0.320. The summed E-state index contributed by atoms with van der Waals surface area (Å²) in [6, 6.07) is 9.89. The Morgan fingerprint density at radius 3 is 2.76 bits per heavy atom. The third-order valence-corrected chi connectivity index (χ3v) is 2.80. The van der Waals surface area contributed by atoms with Gasteiger partial charge in [-0.05, 0) is 23.8 Å². The number of methoxy groups -OCH3 is 1. The SMILES string of the molecule is COCc1ccccc1C(=O)Nc1ccnc(C(=O)O)c1. The Hall–Kier alpha value is -2.73. The zero-order valence-electron chi connectivity index (χ0n) is 11.4. The van der Waals surface area contributed by atoms with Crippen LogP contribution in [0.3, 0.4) is 0 Å². The molecule has 1 amide bonds. The van der Waals surface area contributed by atoms with Crippen molar-refractivity contribution in [3.63, 3.8) is 0 Å². The van der Waals surface area contributed by atoms with Gasteiger partial charge in [-0.15, -0.1) is 0 Å². The van der Waals surface area contributed by atoms with Crippen molar-refractivity contribution in [1.29, 1.82) is 0 Å². The van der Waals surface area contributed by atoms with Gasteiger partial charge in [0, 0.05) is 24.6 Å². The predicted molar refractivity (Wildman–Crippen MR) is 76.3 cm³/mol. The molecule has 6 heteroatoms. The number of carbonyl (C=O) groups excluding carboxylic acids is 1. The molecular weight excluding hydrogens is 272 g/mol. The van der Waals surface area contributed by atoms with Crippen LogP contribution in [0.2, 0.25) is 0 Å². The number of ether oxygens (including phenoxy) is 1. The number of carboxylic acid groups (broad SMARTS) is 1. The van der Waals surface area contributed by atoms with Crippen LogP contribution < -0.4 is 5.32 Å². The molecule has 2 aromatic rings. The van der Waals surface area contributed by atoms with Gasteiger partial charge >= 0.3 is 5.97 Å². The van der Waals surface area contributed by atoms with Crippen LogP contribution in [-0.2, 0) is 11.3 Å². The number of pyridine rings is 1. The van der Waals surface area contributed by atoms with Gasteiger partial charge in [-0.3, -0.25) is 4.79 Å². The zero-order chi connectivity index (χ0) is 15.2. The third kappa shape index (κ3) is 3.64. The summed E-state index contributed by atoms with van der Waals surface area (Å²) >= 11 is 0. The molecule has 2 rings (SSSR count). The smallest absolute Gasteiger partial charge is 0.354 e. The fourth-order valence-electron chi connectivity index (χ4n) is 1.85. The fraction of sp³-hybridized carbons (Fsp3) is 0.133. The van der Waals surface area contributed by atoms with Crippen LogP contribution >= 0.6 is 0 Å². The maximum Gasteiger partial charge on any atom is 0.354 e. The molecule has 0 aliphatic rings. The van der Waals surface area contributed by atoms with E-state index < -0.39 is 5.97 Å². The van der Waals surface area contributed by atoms with Crippen molar-refractivity contribution in [2.24, 2.45) is 0 Å². The predicted octanol–water partition coefficient (Wildman–Crippen LogP) is 2.18. The molecule has 0 saturated carbocycles. The number of nitrogens with zero attached hydrogens (tertiary/aromatic N) is 1. The van der Waals surface area contributed by atoms with Gasteiger partial charge in [-0.25, -0.2) is 9.78 Å². The molecule has 21 heavy (non-hydrogen) atoms. The van der Waals surface area contributed by atoms with E-state index in [1.54, 1.807) is 25.3 Å². The van der Waals surface area contributed by atoms with Gasteiger partial charge in [0.15, 0.2) is 0 Å². The molecule has 1 aromatic heterocycles. The number of hydrogen-bond donors (Lipinski definition) is 2. The Morgan fingerprint density at radius 1 is 1.29 bits per heavy atom. The topological polar surface area (TPSA) is 88.5 Å². The maximum atomic E-state index is 12.3. The van der Waals surface area contributed by atoms with Crippen LogP contribution in [0.1, 0.15) is 26.4 Å². The van der Waals surface area contributed by atoms with Crippen molar-refractivity contribution < 1.29 is 19.4 Å². The molecule has 0 atom stereocenters. The number of aromatic carboxylic acids is 1. The summed E-state index contributed by atoms with van der Waals surface area (Å²) in [7, 11) is 1.55. The Labute approximate surface area is 121 Å². The van der Waals surface area contributed by atoms with Crippen molar-refractivity contribution >= 4 is 17.6 Å². The van der Waals surface area contributed by atoms with Gasteiger partial charge in [-0.1, -0.05) is 18.2 Å².